The number of quaternary nitrogens is 1. The normalized spacial score (nSPS) is 14.0. The van der Waals surface area contributed by atoms with Crippen molar-refractivity contribution in [2.24, 2.45) is 0 Å². The van der Waals surface area contributed by atoms with E-state index >= 15 is 0 Å². The maximum Gasteiger partial charge on any atom is 0.282 e. The molecule has 0 bridgehead atoms. The summed E-state index contributed by atoms with van der Waals surface area (Å²) in [5.74, 6) is 0.0577. The lowest BCUT2D eigenvalue weighted by Gasteiger charge is -2.22. The summed E-state index contributed by atoms with van der Waals surface area (Å²) >= 11 is 6.07. The van der Waals surface area contributed by atoms with Gasteiger partial charge in [-0.05, 0) is 43.0 Å². The number of para-hydroxylation sites is 2. The number of rotatable bonds is 8. The van der Waals surface area contributed by atoms with Gasteiger partial charge in [0.25, 0.3) is 11.8 Å². The second kappa shape index (κ2) is 10.2. The Balaban J connectivity index is 1.97. The highest BCUT2D eigenvalue weighted by Crippen LogP contribution is 2.26. The van der Waals surface area contributed by atoms with Gasteiger partial charge >= 0.3 is 0 Å². The lowest BCUT2D eigenvalue weighted by atomic mass is 9.97. The first-order valence-electron chi connectivity index (χ1n) is 9.60. The van der Waals surface area contributed by atoms with Gasteiger partial charge in [0.15, 0.2) is 12.6 Å². The van der Waals surface area contributed by atoms with Gasteiger partial charge in [-0.2, -0.15) is 0 Å². The summed E-state index contributed by atoms with van der Waals surface area (Å²) in [4.78, 5) is 25.8. The molecule has 0 saturated heterocycles. The molecule has 2 aromatic carbocycles. The van der Waals surface area contributed by atoms with Gasteiger partial charge in [0, 0.05) is 5.69 Å². The van der Waals surface area contributed by atoms with Gasteiger partial charge in [-0.15, -0.1) is 0 Å². The van der Waals surface area contributed by atoms with Crippen molar-refractivity contribution >= 4 is 34.8 Å². The smallest absolute Gasteiger partial charge is 0.282 e. The molecule has 0 saturated carbocycles. The van der Waals surface area contributed by atoms with E-state index in [4.69, 9.17) is 11.6 Å². The van der Waals surface area contributed by atoms with Crippen LogP contribution in [0.15, 0.2) is 48.5 Å². The van der Waals surface area contributed by atoms with Gasteiger partial charge in [0.2, 0.25) is 0 Å². The quantitative estimate of drug-likeness (QED) is 0.634. The van der Waals surface area contributed by atoms with Crippen LogP contribution in [0.3, 0.4) is 0 Å². The molecule has 0 aliphatic carbocycles. The van der Waals surface area contributed by atoms with E-state index in [0.29, 0.717) is 16.6 Å². The molecule has 2 aromatic rings. The van der Waals surface area contributed by atoms with Gasteiger partial charge in [-0.25, -0.2) is 0 Å². The lowest BCUT2D eigenvalue weighted by molar-refractivity contribution is -0.885. The number of hydrogen-bond donors (Lipinski definition) is 3. The Morgan fingerprint density at radius 2 is 1.61 bits per heavy atom. The number of carbonyl (C=O) groups is 2. The number of amides is 2. The van der Waals surface area contributed by atoms with Gasteiger partial charge in [0.1, 0.15) is 0 Å². The third-order valence-corrected chi connectivity index (χ3v) is 5.41. The third-order valence-electron chi connectivity index (χ3n) is 5.08. The molecule has 6 heteroatoms. The zero-order valence-electron chi connectivity index (χ0n) is 16.9. The van der Waals surface area contributed by atoms with Crippen molar-refractivity contribution < 1.29 is 14.5 Å². The van der Waals surface area contributed by atoms with Crippen LogP contribution >= 0.6 is 11.6 Å². The van der Waals surface area contributed by atoms with Crippen LogP contribution in [0.25, 0.3) is 0 Å². The van der Waals surface area contributed by atoms with Crippen LogP contribution in [0.1, 0.15) is 38.7 Å². The highest BCUT2D eigenvalue weighted by molar-refractivity contribution is 6.33. The Labute approximate surface area is 172 Å². The number of halogens is 1. The summed E-state index contributed by atoms with van der Waals surface area (Å²) in [5.41, 5.74) is 2.53. The fourth-order valence-electron chi connectivity index (χ4n) is 2.89. The SMILES string of the molecule is CC[C@H](C)c1ccccc1NC(=O)[C@H](C)[NH+](C)CC(=O)Nc1ccccc1Cl. The van der Waals surface area contributed by atoms with Crippen molar-refractivity contribution in [1.82, 2.24) is 0 Å². The first kappa shape index (κ1) is 21.9. The van der Waals surface area contributed by atoms with Crippen molar-refractivity contribution in [2.75, 3.05) is 24.2 Å². The van der Waals surface area contributed by atoms with Crippen LogP contribution in [0.4, 0.5) is 11.4 Å². The molecule has 0 spiro atoms. The van der Waals surface area contributed by atoms with Crippen LogP contribution in [0.2, 0.25) is 5.02 Å². The molecule has 3 N–H and O–H groups in total. The van der Waals surface area contributed by atoms with E-state index in [9.17, 15) is 9.59 Å². The Kier molecular flexibility index (Phi) is 8.03. The lowest BCUT2D eigenvalue weighted by Crippen LogP contribution is -3.14. The molecule has 0 aliphatic rings. The van der Waals surface area contributed by atoms with E-state index in [1.165, 1.54) is 0 Å². The summed E-state index contributed by atoms with van der Waals surface area (Å²) in [6.45, 7) is 6.25. The monoisotopic (exact) mass is 402 g/mol. The van der Waals surface area contributed by atoms with Crippen molar-refractivity contribution in [2.45, 2.75) is 39.2 Å². The zero-order valence-corrected chi connectivity index (χ0v) is 17.6. The molecule has 0 fully saturated rings. The molecule has 5 nitrogen and oxygen atoms in total. The van der Waals surface area contributed by atoms with E-state index < -0.39 is 0 Å². The highest BCUT2D eigenvalue weighted by atomic mass is 35.5. The molecule has 3 atom stereocenters. The molecule has 28 heavy (non-hydrogen) atoms. The fourth-order valence-corrected chi connectivity index (χ4v) is 3.07. The van der Waals surface area contributed by atoms with E-state index in [1.54, 1.807) is 18.2 Å². The van der Waals surface area contributed by atoms with E-state index in [2.05, 4.69) is 24.5 Å². The number of nitrogens with one attached hydrogen (secondary N) is 3. The van der Waals surface area contributed by atoms with E-state index in [1.807, 2.05) is 44.3 Å². The summed E-state index contributed by atoms with van der Waals surface area (Å²) in [7, 11) is 1.83. The molecule has 0 heterocycles. The highest BCUT2D eigenvalue weighted by Gasteiger charge is 2.25. The Morgan fingerprint density at radius 3 is 2.25 bits per heavy atom. The number of anilines is 2. The third kappa shape index (κ3) is 5.81. The molecule has 0 radical (unpaired) electrons. The Morgan fingerprint density at radius 1 is 1.00 bits per heavy atom. The minimum Gasteiger partial charge on any atom is -0.321 e. The fraction of sp³-hybridized carbons (Fsp3) is 0.364. The van der Waals surface area contributed by atoms with Crippen LogP contribution in [-0.2, 0) is 9.59 Å². The summed E-state index contributed by atoms with van der Waals surface area (Å²) in [5, 5.41) is 6.31. The molecule has 0 aliphatic heterocycles. The van der Waals surface area contributed by atoms with Crippen LogP contribution in [0.5, 0.6) is 0 Å². The van der Waals surface area contributed by atoms with Crippen LogP contribution < -0.4 is 15.5 Å². The van der Waals surface area contributed by atoms with Gasteiger partial charge in [0.05, 0.1) is 17.8 Å². The first-order chi connectivity index (χ1) is 13.3. The van der Waals surface area contributed by atoms with E-state index in [-0.39, 0.29) is 24.4 Å². The summed E-state index contributed by atoms with van der Waals surface area (Å²) < 4.78 is 0. The van der Waals surface area contributed by atoms with Crippen molar-refractivity contribution in [1.29, 1.82) is 0 Å². The first-order valence-corrected chi connectivity index (χ1v) is 9.97. The van der Waals surface area contributed by atoms with Crippen molar-refractivity contribution in [3.05, 3.63) is 59.1 Å². The van der Waals surface area contributed by atoms with Crippen LogP contribution in [0, 0.1) is 0 Å². The Bertz CT molecular complexity index is 825. The van der Waals surface area contributed by atoms with Gasteiger partial charge < -0.3 is 15.5 Å². The Hall–Kier alpha value is -2.37. The average Bonchev–Trinajstić information content (AvgIpc) is 2.68. The number of carbonyl (C=O) groups excluding carboxylic acids is 2. The molecular weight excluding hydrogens is 374 g/mol. The average molecular weight is 403 g/mol. The van der Waals surface area contributed by atoms with E-state index in [0.717, 1.165) is 22.6 Å². The number of hydrogen-bond acceptors (Lipinski definition) is 2. The molecule has 1 unspecified atom stereocenters. The molecular formula is C22H29ClN3O2+. The predicted octanol–water partition coefficient (Wildman–Crippen LogP) is 3.33. The topological polar surface area (TPSA) is 62.6 Å². The molecule has 2 amide bonds. The standard InChI is InChI=1S/C22H28ClN3O2/c1-5-15(2)17-10-6-8-12-19(17)25-22(28)16(3)26(4)14-21(27)24-20-13-9-7-11-18(20)23/h6-13,15-16H,5,14H2,1-4H3,(H,24,27)(H,25,28)/p+1/t15-,16-/m0/s1. The van der Waals surface area contributed by atoms with Gasteiger partial charge in [-0.1, -0.05) is 55.8 Å². The predicted molar refractivity (Wildman–Crippen MR) is 115 cm³/mol. The molecule has 2 rings (SSSR count). The maximum atomic E-state index is 12.7. The second-order valence-corrected chi connectivity index (χ2v) is 7.57. The molecule has 0 aromatic heterocycles. The largest absolute Gasteiger partial charge is 0.321 e. The number of likely N-dealkylation sites (N-methyl/N-ethyl adjacent to an activating group) is 1. The second-order valence-electron chi connectivity index (χ2n) is 7.16. The minimum absolute atomic E-state index is 0.112. The van der Waals surface area contributed by atoms with Crippen LogP contribution in [-0.4, -0.2) is 31.4 Å². The summed E-state index contributed by atoms with van der Waals surface area (Å²) in [6, 6.07) is 14.6. The zero-order chi connectivity index (χ0) is 20.7. The van der Waals surface area contributed by atoms with Crippen molar-refractivity contribution in [3.63, 3.8) is 0 Å². The maximum absolute atomic E-state index is 12.7. The minimum atomic E-state index is -0.387. The van der Waals surface area contributed by atoms with Crippen molar-refractivity contribution in [3.8, 4) is 0 Å². The van der Waals surface area contributed by atoms with Gasteiger partial charge in [-0.3, -0.25) is 9.59 Å². The summed E-state index contributed by atoms with van der Waals surface area (Å²) in [6.07, 6.45) is 0.996. The molecule has 150 valence electrons. The number of benzene rings is 2.